The number of aliphatic hydroxyl groups excluding tert-OH is 1. The van der Waals surface area contributed by atoms with Gasteiger partial charge in [-0.1, -0.05) is 17.7 Å². The summed E-state index contributed by atoms with van der Waals surface area (Å²) >= 11 is 5.98. The molecule has 0 saturated heterocycles. The van der Waals surface area contributed by atoms with E-state index in [1.165, 1.54) is 6.20 Å². The minimum Gasteiger partial charge on any atom is -0.394 e. The Kier molecular flexibility index (Phi) is 5.09. The highest BCUT2D eigenvalue weighted by atomic mass is 35.5. The smallest absolute Gasteiger partial charge is 0.287 e. The summed E-state index contributed by atoms with van der Waals surface area (Å²) in [6, 6.07) is 5.71. The number of aromatic nitrogens is 3. The number of aliphatic hydroxyl groups is 1. The molecule has 0 fully saturated rings. The van der Waals surface area contributed by atoms with Gasteiger partial charge in [-0.05, 0) is 12.1 Å². The molecule has 0 bridgehead atoms. The molecule has 20 heavy (non-hydrogen) atoms. The van der Waals surface area contributed by atoms with E-state index in [2.05, 4.69) is 15.4 Å². The Balaban J connectivity index is 2.00. The zero-order chi connectivity index (χ0) is 14.4. The molecule has 2 aromatic heterocycles. The van der Waals surface area contributed by atoms with Crippen molar-refractivity contribution in [2.24, 2.45) is 0 Å². The van der Waals surface area contributed by atoms with E-state index in [0.29, 0.717) is 12.2 Å². The summed E-state index contributed by atoms with van der Waals surface area (Å²) in [7, 11) is 0. The number of pyridine rings is 1. The highest BCUT2D eigenvalue weighted by Crippen LogP contribution is 2.14. The molecule has 0 saturated carbocycles. The van der Waals surface area contributed by atoms with Gasteiger partial charge in [-0.15, -0.1) is 0 Å². The molecule has 6 nitrogen and oxygen atoms in total. The van der Waals surface area contributed by atoms with E-state index in [0.717, 1.165) is 16.8 Å². The molecular formula is C13H15ClN4O2. The fourth-order valence-corrected chi connectivity index (χ4v) is 1.93. The van der Waals surface area contributed by atoms with Crippen LogP contribution in [-0.2, 0) is 13.0 Å². The lowest BCUT2D eigenvalue weighted by molar-refractivity contribution is 0.266. The van der Waals surface area contributed by atoms with Crippen LogP contribution in [0.2, 0.25) is 5.02 Å². The molecule has 2 rings (SSSR count). The van der Waals surface area contributed by atoms with Crippen LogP contribution in [-0.4, -0.2) is 33.0 Å². The third kappa shape index (κ3) is 3.55. The predicted molar refractivity (Wildman–Crippen MR) is 77.0 cm³/mol. The van der Waals surface area contributed by atoms with Crippen LogP contribution >= 0.6 is 11.6 Å². The largest absolute Gasteiger partial charge is 0.394 e. The Morgan fingerprint density at radius 2 is 2.25 bits per heavy atom. The monoisotopic (exact) mass is 294 g/mol. The molecule has 106 valence electrons. The number of anilines is 1. The number of rotatable bonds is 6. The van der Waals surface area contributed by atoms with Crippen molar-refractivity contribution in [1.82, 2.24) is 14.8 Å². The van der Waals surface area contributed by atoms with Crippen molar-refractivity contribution in [1.29, 1.82) is 0 Å². The molecule has 0 aliphatic rings. The first-order valence-electron chi connectivity index (χ1n) is 6.22. The molecule has 0 aliphatic carbocycles. The standard InChI is InChI=1S/C13H15ClN4O2/c14-12-11(9-17-18(7-8-19)13(12)20)16-6-4-10-3-1-2-5-15-10/h1-3,5,9,16,19H,4,6-8H2. The van der Waals surface area contributed by atoms with Gasteiger partial charge < -0.3 is 10.4 Å². The Morgan fingerprint density at radius 1 is 1.40 bits per heavy atom. The third-order valence-corrected chi connectivity index (χ3v) is 3.08. The van der Waals surface area contributed by atoms with E-state index in [9.17, 15) is 4.79 Å². The van der Waals surface area contributed by atoms with Gasteiger partial charge in [-0.2, -0.15) is 5.10 Å². The minimum atomic E-state index is -0.413. The average Bonchev–Trinajstić information content (AvgIpc) is 2.48. The van der Waals surface area contributed by atoms with Crippen molar-refractivity contribution in [2.75, 3.05) is 18.5 Å². The molecule has 0 radical (unpaired) electrons. The molecule has 0 spiro atoms. The van der Waals surface area contributed by atoms with Crippen molar-refractivity contribution < 1.29 is 5.11 Å². The summed E-state index contributed by atoms with van der Waals surface area (Å²) in [5, 5.41) is 15.9. The van der Waals surface area contributed by atoms with E-state index in [1.807, 2.05) is 18.2 Å². The maximum absolute atomic E-state index is 11.8. The summed E-state index contributed by atoms with van der Waals surface area (Å²) in [6.07, 6.45) is 3.94. The van der Waals surface area contributed by atoms with Crippen LogP contribution in [0, 0.1) is 0 Å². The van der Waals surface area contributed by atoms with E-state index >= 15 is 0 Å². The highest BCUT2D eigenvalue weighted by Gasteiger charge is 2.08. The SMILES string of the molecule is O=c1c(Cl)c(NCCc2ccccn2)cnn1CCO. The van der Waals surface area contributed by atoms with Crippen LogP contribution in [0.3, 0.4) is 0 Å². The Bertz CT molecular complexity index is 616. The minimum absolute atomic E-state index is 0.0782. The Morgan fingerprint density at radius 3 is 2.95 bits per heavy atom. The summed E-state index contributed by atoms with van der Waals surface area (Å²) in [5.74, 6) is 0. The molecule has 2 N–H and O–H groups in total. The molecule has 0 unspecified atom stereocenters. The van der Waals surface area contributed by atoms with E-state index in [1.54, 1.807) is 6.20 Å². The quantitative estimate of drug-likeness (QED) is 0.829. The van der Waals surface area contributed by atoms with Gasteiger partial charge >= 0.3 is 0 Å². The highest BCUT2D eigenvalue weighted by molar-refractivity contribution is 6.32. The van der Waals surface area contributed by atoms with Crippen LogP contribution in [0.15, 0.2) is 35.4 Å². The third-order valence-electron chi connectivity index (χ3n) is 2.72. The van der Waals surface area contributed by atoms with Gasteiger partial charge in [-0.25, -0.2) is 4.68 Å². The van der Waals surface area contributed by atoms with E-state index in [4.69, 9.17) is 16.7 Å². The van der Waals surface area contributed by atoms with E-state index in [-0.39, 0.29) is 18.2 Å². The van der Waals surface area contributed by atoms with Crippen LogP contribution < -0.4 is 10.9 Å². The zero-order valence-corrected chi connectivity index (χ0v) is 11.5. The topological polar surface area (TPSA) is 80.0 Å². The molecule has 0 aliphatic heterocycles. The fourth-order valence-electron chi connectivity index (χ4n) is 1.71. The van der Waals surface area contributed by atoms with Crippen LogP contribution in [0.25, 0.3) is 0 Å². The molecule has 7 heteroatoms. The molecular weight excluding hydrogens is 280 g/mol. The number of nitrogens with one attached hydrogen (secondary N) is 1. The first-order chi connectivity index (χ1) is 9.72. The lowest BCUT2D eigenvalue weighted by Gasteiger charge is -2.09. The van der Waals surface area contributed by atoms with Gasteiger partial charge in [0, 0.05) is 24.9 Å². The van der Waals surface area contributed by atoms with Crippen LogP contribution in [0.5, 0.6) is 0 Å². The molecule has 0 amide bonds. The van der Waals surface area contributed by atoms with Crippen molar-refractivity contribution >= 4 is 17.3 Å². The number of hydrogen-bond donors (Lipinski definition) is 2. The summed E-state index contributed by atoms with van der Waals surface area (Å²) in [5.41, 5.74) is 1.03. The van der Waals surface area contributed by atoms with Crippen LogP contribution in [0.4, 0.5) is 5.69 Å². The van der Waals surface area contributed by atoms with Gasteiger partial charge in [0.2, 0.25) is 0 Å². The fraction of sp³-hybridized carbons (Fsp3) is 0.308. The summed E-state index contributed by atoms with van der Waals surface area (Å²) in [4.78, 5) is 16.0. The van der Waals surface area contributed by atoms with Gasteiger partial charge in [-0.3, -0.25) is 9.78 Å². The van der Waals surface area contributed by atoms with Gasteiger partial charge in [0.1, 0.15) is 5.02 Å². The predicted octanol–water partition coefficient (Wildman–Crippen LogP) is 0.939. The number of hydrogen-bond acceptors (Lipinski definition) is 5. The number of nitrogens with zero attached hydrogens (tertiary/aromatic N) is 3. The maximum atomic E-state index is 11.8. The lowest BCUT2D eigenvalue weighted by atomic mass is 10.2. The first kappa shape index (κ1) is 14.5. The van der Waals surface area contributed by atoms with Gasteiger partial charge in [0.25, 0.3) is 5.56 Å². The van der Waals surface area contributed by atoms with Crippen molar-refractivity contribution in [3.05, 3.63) is 51.7 Å². The van der Waals surface area contributed by atoms with Gasteiger partial charge in [0.05, 0.1) is 25.0 Å². The maximum Gasteiger partial charge on any atom is 0.287 e. The molecule has 2 heterocycles. The summed E-state index contributed by atoms with van der Waals surface area (Å²) < 4.78 is 1.13. The normalized spacial score (nSPS) is 10.5. The van der Waals surface area contributed by atoms with Crippen LogP contribution in [0.1, 0.15) is 5.69 Å². The zero-order valence-electron chi connectivity index (χ0n) is 10.8. The van der Waals surface area contributed by atoms with Gasteiger partial charge in [0.15, 0.2) is 0 Å². The molecule has 0 aromatic carbocycles. The lowest BCUT2D eigenvalue weighted by Crippen LogP contribution is -2.25. The molecule has 0 atom stereocenters. The van der Waals surface area contributed by atoms with Crippen molar-refractivity contribution in [2.45, 2.75) is 13.0 Å². The second-order valence-electron chi connectivity index (χ2n) is 4.12. The van der Waals surface area contributed by atoms with E-state index < -0.39 is 5.56 Å². The number of halogens is 1. The first-order valence-corrected chi connectivity index (χ1v) is 6.60. The van der Waals surface area contributed by atoms with Crippen molar-refractivity contribution in [3.8, 4) is 0 Å². The summed E-state index contributed by atoms with van der Waals surface area (Å²) in [6.45, 7) is 0.574. The average molecular weight is 295 g/mol. The second-order valence-corrected chi connectivity index (χ2v) is 4.50. The second kappa shape index (κ2) is 7.02. The Hall–Kier alpha value is -1.92. The van der Waals surface area contributed by atoms with Crippen molar-refractivity contribution in [3.63, 3.8) is 0 Å². The molecule has 2 aromatic rings. The Labute approximate surface area is 121 Å².